The van der Waals surface area contributed by atoms with E-state index in [4.69, 9.17) is 4.74 Å². The number of nitrogens with one attached hydrogen (secondary N) is 2. The summed E-state index contributed by atoms with van der Waals surface area (Å²) in [5.74, 6) is -0.111. The molecule has 0 radical (unpaired) electrons. The van der Waals surface area contributed by atoms with Crippen molar-refractivity contribution in [2.45, 2.75) is 66.0 Å². The molecule has 7 heteroatoms. The Morgan fingerprint density at radius 1 is 1.04 bits per heavy atom. The standard InChI is InChI=1S/C17H31N3O4/c1-16(2,3)14(22)19-12-7-9-20(10-8-12)13(21)11-18-15(23)24-17(4,5)6/h12H,7-11H2,1-6H3,(H,18,23)(H,19,22). The molecule has 1 rings (SSSR count). The van der Waals surface area contributed by atoms with Crippen molar-refractivity contribution < 1.29 is 19.1 Å². The Morgan fingerprint density at radius 3 is 2.04 bits per heavy atom. The first-order valence-electron chi connectivity index (χ1n) is 8.44. The molecule has 138 valence electrons. The maximum absolute atomic E-state index is 12.1. The van der Waals surface area contributed by atoms with Gasteiger partial charge in [-0.2, -0.15) is 0 Å². The average molecular weight is 341 g/mol. The Kier molecular flexibility index (Phi) is 6.63. The second-order valence-electron chi connectivity index (χ2n) is 8.23. The SMILES string of the molecule is CC(C)(C)OC(=O)NCC(=O)N1CCC(NC(=O)C(C)(C)C)CC1. The van der Waals surface area contributed by atoms with Crippen molar-refractivity contribution in [2.24, 2.45) is 5.41 Å². The zero-order chi connectivity index (χ0) is 18.5. The van der Waals surface area contributed by atoms with Crippen LogP contribution >= 0.6 is 0 Å². The van der Waals surface area contributed by atoms with Crippen LogP contribution < -0.4 is 10.6 Å². The summed E-state index contributed by atoms with van der Waals surface area (Å²) < 4.78 is 5.10. The Balaban J connectivity index is 2.33. The van der Waals surface area contributed by atoms with Crippen LogP contribution in [0.2, 0.25) is 0 Å². The van der Waals surface area contributed by atoms with Crippen LogP contribution in [0.15, 0.2) is 0 Å². The van der Waals surface area contributed by atoms with Crippen LogP contribution in [0.1, 0.15) is 54.4 Å². The van der Waals surface area contributed by atoms with Crippen LogP contribution in [0.25, 0.3) is 0 Å². The van der Waals surface area contributed by atoms with Gasteiger partial charge in [0.25, 0.3) is 0 Å². The molecule has 0 saturated carbocycles. The predicted octanol–water partition coefficient (Wildman–Crippen LogP) is 1.66. The van der Waals surface area contributed by atoms with Crippen LogP contribution in [-0.2, 0) is 14.3 Å². The maximum Gasteiger partial charge on any atom is 0.408 e. The fourth-order valence-electron chi connectivity index (χ4n) is 2.25. The number of nitrogens with zero attached hydrogens (tertiary/aromatic N) is 1. The van der Waals surface area contributed by atoms with E-state index < -0.39 is 17.1 Å². The lowest BCUT2D eigenvalue weighted by Crippen LogP contribution is -2.50. The van der Waals surface area contributed by atoms with Crippen molar-refractivity contribution in [2.75, 3.05) is 19.6 Å². The highest BCUT2D eigenvalue weighted by Gasteiger charge is 2.28. The van der Waals surface area contributed by atoms with E-state index in [1.165, 1.54) is 0 Å². The quantitative estimate of drug-likeness (QED) is 0.817. The first-order valence-corrected chi connectivity index (χ1v) is 8.44. The predicted molar refractivity (Wildman–Crippen MR) is 91.4 cm³/mol. The zero-order valence-corrected chi connectivity index (χ0v) is 15.7. The van der Waals surface area contributed by atoms with Crippen molar-refractivity contribution in [3.8, 4) is 0 Å². The van der Waals surface area contributed by atoms with Gasteiger partial charge in [-0.3, -0.25) is 9.59 Å². The highest BCUT2D eigenvalue weighted by Crippen LogP contribution is 2.16. The molecule has 2 N–H and O–H groups in total. The van der Waals surface area contributed by atoms with E-state index in [0.29, 0.717) is 13.1 Å². The molecule has 0 aromatic carbocycles. The van der Waals surface area contributed by atoms with Crippen molar-refractivity contribution in [3.05, 3.63) is 0 Å². The number of piperidine rings is 1. The van der Waals surface area contributed by atoms with Gasteiger partial charge in [-0.15, -0.1) is 0 Å². The fourth-order valence-corrected chi connectivity index (χ4v) is 2.25. The second kappa shape index (κ2) is 7.85. The third-order valence-corrected chi connectivity index (χ3v) is 3.65. The largest absolute Gasteiger partial charge is 0.444 e. The molecule has 1 heterocycles. The van der Waals surface area contributed by atoms with E-state index in [9.17, 15) is 14.4 Å². The number of rotatable bonds is 3. The Bertz CT molecular complexity index is 469. The van der Waals surface area contributed by atoms with Gasteiger partial charge in [0.15, 0.2) is 0 Å². The summed E-state index contributed by atoms with van der Waals surface area (Å²) in [5, 5.41) is 5.51. The van der Waals surface area contributed by atoms with Gasteiger partial charge >= 0.3 is 6.09 Å². The third kappa shape index (κ3) is 7.19. The smallest absolute Gasteiger partial charge is 0.408 e. The summed E-state index contributed by atoms with van der Waals surface area (Å²) >= 11 is 0. The number of carbonyl (C=O) groups excluding carboxylic acids is 3. The number of carbonyl (C=O) groups is 3. The summed E-state index contributed by atoms with van der Waals surface area (Å²) in [6.45, 7) is 12.0. The molecule has 3 amide bonds. The molecule has 7 nitrogen and oxygen atoms in total. The van der Waals surface area contributed by atoms with E-state index in [1.54, 1.807) is 25.7 Å². The molecule has 1 aliphatic rings. The molecule has 0 aliphatic carbocycles. The van der Waals surface area contributed by atoms with Crippen LogP contribution in [-0.4, -0.2) is 54.1 Å². The number of amides is 3. The van der Waals surface area contributed by atoms with Gasteiger partial charge in [0.1, 0.15) is 12.1 Å². The van der Waals surface area contributed by atoms with Gasteiger partial charge in [0, 0.05) is 24.5 Å². The highest BCUT2D eigenvalue weighted by molar-refractivity contribution is 5.83. The van der Waals surface area contributed by atoms with Gasteiger partial charge in [-0.05, 0) is 33.6 Å². The number of hydrogen-bond acceptors (Lipinski definition) is 4. The molecule has 1 fully saturated rings. The molecular weight excluding hydrogens is 310 g/mol. The lowest BCUT2D eigenvalue weighted by Gasteiger charge is -2.33. The van der Waals surface area contributed by atoms with E-state index in [2.05, 4.69) is 10.6 Å². The van der Waals surface area contributed by atoms with E-state index in [0.717, 1.165) is 12.8 Å². The van der Waals surface area contributed by atoms with Crippen molar-refractivity contribution in [3.63, 3.8) is 0 Å². The first-order chi connectivity index (χ1) is 10.9. The monoisotopic (exact) mass is 341 g/mol. The van der Waals surface area contributed by atoms with Crippen LogP contribution in [0.3, 0.4) is 0 Å². The summed E-state index contributed by atoms with van der Waals surface area (Å²) in [6, 6.07) is 0.0968. The Labute approximate surface area is 144 Å². The average Bonchev–Trinajstić information content (AvgIpc) is 2.42. The summed E-state index contributed by atoms with van der Waals surface area (Å²) in [6.07, 6.45) is 0.850. The summed E-state index contributed by atoms with van der Waals surface area (Å²) in [7, 11) is 0. The normalized spacial score (nSPS) is 16.5. The lowest BCUT2D eigenvalue weighted by molar-refractivity contribution is -0.132. The Hall–Kier alpha value is -1.79. The molecule has 0 aromatic heterocycles. The molecule has 1 aliphatic heterocycles. The molecule has 24 heavy (non-hydrogen) atoms. The fraction of sp³-hybridized carbons (Fsp3) is 0.824. The molecule has 1 saturated heterocycles. The van der Waals surface area contributed by atoms with Gasteiger partial charge < -0.3 is 20.3 Å². The number of likely N-dealkylation sites (tertiary alicyclic amines) is 1. The van der Waals surface area contributed by atoms with E-state index in [1.807, 2.05) is 20.8 Å². The van der Waals surface area contributed by atoms with Gasteiger partial charge in [-0.25, -0.2) is 4.79 Å². The minimum Gasteiger partial charge on any atom is -0.444 e. The summed E-state index contributed by atoms with van der Waals surface area (Å²) in [5.41, 5.74) is -0.999. The minimum absolute atomic E-state index is 0.0267. The van der Waals surface area contributed by atoms with E-state index in [-0.39, 0.29) is 24.4 Å². The number of ether oxygens (including phenoxy) is 1. The van der Waals surface area contributed by atoms with Crippen LogP contribution in [0.5, 0.6) is 0 Å². The number of alkyl carbamates (subject to hydrolysis) is 1. The topological polar surface area (TPSA) is 87.7 Å². The van der Waals surface area contributed by atoms with Gasteiger partial charge in [0.05, 0.1) is 0 Å². The first kappa shape index (κ1) is 20.3. The molecule has 0 spiro atoms. The number of hydrogen-bond donors (Lipinski definition) is 2. The van der Waals surface area contributed by atoms with Crippen molar-refractivity contribution in [1.82, 2.24) is 15.5 Å². The Morgan fingerprint density at radius 2 is 1.58 bits per heavy atom. The van der Waals surface area contributed by atoms with Gasteiger partial charge in [0.2, 0.25) is 11.8 Å². The van der Waals surface area contributed by atoms with Gasteiger partial charge in [-0.1, -0.05) is 20.8 Å². The molecule has 0 atom stereocenters. The lowest BCUT2D eigenvalue weighted by atomic mass is 9.94. The molecule has 0 bridgehead atoms. The van der Waals surface area contributed by atoms with Crippen molar-refractivity contribution >= 4 is 17.9 Å². The van der Waals surface area contributed by atoms with Crippen LogP contribution in [0.4, 0.5) is 4.79 Å². The zero-order valence-electron chi connectivity index (χ0n) is 15.7. The summed E-state index contributed by atoms with van der Waals surface area (Å²) in [4.78, 5) is 37.4. The van der Waals surface area contributed by atoms with Crippen LogP contribution in [0, 0.1) is 5.41 Å². The second-order valence-corrected chi connectivity index (χ2v) is 8.23. The highest BCUT2D eigenvalue weighted by atomic mass is 16.6. The minimum atomic E-state index is -0.594. The molecule has 0 unspecified atom stereocenters. The molecular formula is C17H31N3O4. The molecule has 0 aromatic rings. The van der Waals surface area contributed by atoms with E-state index >= 15 is 0 Å². The third-order valence-electron chi connectivity index (χ3n) is 3.65. The van der Waals surface area contributed by atoms with Crippen molar-refractivity contribution in [1.29, 1.82) is 0 Å². The maximum atomic E-state index is 12.1.